The summed E-state index contributed by atoms with van der Waals surface area (Å²) in [5.41, 5.74) is 0. The topological polar surface area (TPSA) is 69.6 Å². The van der Waals surface area contributed by atoms with E-state index in [0.29, 0.717) is 19.4 Å². The molecule has 0 bridgehead atoms. The van der Waals surface area contributed by atoms with E-state index in [1.807, 2.05) is 27.7 Å². The van der Waals surface area contributed by atoms with E-state index in [4.69, 9.17) is 5.11 Å². The highest BCUT2D eigenvalue weighted by Crippen LogP contribution is 2.24. The maximum Gasteiger partial charge on any atom is 0.306 e. The lowest BCUT2D eigenvalue weighted by Gasteiger charge is -2.39. The maximum absolute atomic E-state index is 11.9. The Hall–Kier alpha value is -1.10. The Bertz CT molecular complexity index is 317. The van der Waals surface area contributed by atoms with Crippen LogP contribution in [-0.4, -0.2) is 46.6 Å². The van der Waals surface area contributed by atoms with Crippen molar-refractivity contribution in [2.24, 2.45) is 5.92 Å². The molecule has 0 spiro atoms. The molecule has 0 aliphatic carbocycles. The zero-order chi connectivity index (χ0) is 13.9. The third-order valence-corrected chi connectivity index (χ3v) is 3.58. The highest BCUT2D eigenvalue weighted by Gasteiger charge is 2.34. The SMILES string of the molecule is CC(C)NC(=O)C(C)N1CCC(C(=O)O)CC1C. The second kappa shape index (κ2) is 6.18. The van der Waals surface area contributed by atoms with Crippen LogP contribution in [0.4, 0.5) is 0 Å². The van der Waals surface area contributed by atoms with Crippen LogP contribution in [0.15, 0.2) is 0 Å². The monoisotopic (exact) mass is 256 g/mol. The standard InChI is InChI=1S/C13H24N2O3/c1-8(2)14-12(16)10(4)15-6-5-11(13(17)18)7-9(15)3/h8-11H,5-7H2,1-4H3,(H,14,16)(H,17,18). The maximum atomic E-state index is 11.9. The number of amides is 1. The summed E-state index contributed by atoms with van der Waals surface area (Å²) in [6, 6.07) is 0.0664. The first-order chi connectivity index (χ1) is 8.32. The molecule has 1 amide bonds. The van der Waals surface area contributed by atoms with Crippen molar-refractivity contribution in [3.05, 3.63) is 0 Å². The van der Waals surface area contributed by atoms with E-state index in [1.54, 1.807) is 0 Å². The van der Waals surface area contributed by atoms with Crippen LogP contribution >= 0.6 is 0 Å². The molecule has 104 valence electrons. The predicted molar refractivity (Wildman–Crippen MR) is 69.3 cm³/mol. The van der Waals surface area contributed by atoms with Gasteiger partial charge in [0.05, 0.1) is 12.0 Å². The van der Waals surface area contributed by atoms with Crippen molar-refractivity contribution in [2.75, 3.05) is 6.54 Å². The van der Waals surface area contributed by atoms with Crippen molar-refractivity contribution in [1.29, 1.82) is 0 Å². The van der Waals surface area contributed by atoms with Gasteiger partial charge in [-0.05, 0) is 40.5 Å². The molecule has 18 heavy (non-hydrogen) atoms. The molecule has 3 unspecified atom stereocenters. The molecule has 1 heterocycles. The number of carbonyl (C=O) groups is 2. The van der Waals surface area contributed by atoms with E-state index in [-0.39, 0.29) is 30.0 Å². The first kappa shape index (κ1) is 15.0. The molecule has 0 aromatic rings. The van der Waals surface area contributed by atoms with Crippen molar-refractivity contribution in [2.45, 2.75) is 58.7 Å². The molecule has 0 aromatic carbocycles. The molecule has 2 N–H and O–H groups in total. The van der Waals surface area contributed by atoms with Crippen LogP contribution in [-0.2, 0) is 9.59 Å². The molecule has 5 heteroatoms. The van der Waals surface area contributed by atoms with Crippen LogP contribution in [0, 0.1) is 5.92 Å². The molecular weight excluding hydrogens is 232 g/mol. The predicted octanol–water partition coefficient (Wildman–Crippen LogP) is 1.08. The summed E-state index contributed by atoms with van der Waals surface area (Å²) in [6.07, 6.45) is 1.24. The number of carboxylic acids is 1. The van der Waals surface area contributed by atoms with Gasteiger partial charge in [0, 0.05) is 18.6 Å². The molecule has 1 rings (SSSR count). The quantitative estimate of drug-likeness (QED) is 0.790. The molecule has 1 aliphatic rings. The van der Waals surface area contributed by atoms with Crippen molar-refractivity contribution >= 4 is 11.9 Å². The second-order valence-electron chi connectivity index (χ2n) is 5.49. The Labute approximate surface area is 109 Å². The van der Waals surface area contributed by atoms with Gasteiger partial charge in [0.1, 0.15) is 0 Å². The normalized spacial score (nSPS) is 26.9. The van der Waals surface area contributed by atoms with Crippen LogP contribution in [0.1, 0.15) is 40.5 Å². The average molecular weight is 256 g/mol. The second-order valence-corrected chi connectivity index (χ2v) is 5.49. The highest BCUT2D eigenvalue weighted by atomic mass is 16.4. The van der Waals surface area contributed by atoms with Crippen molar-refractivity contribution in [1.82, 2.24) is 10.2 Å². The van der Waals surface area contributed by atoms with Gasteiger partial charge in [0.15, 0.2) is 0 Å². The summed E-state index contributed by atoms with van der Waals surface area (Å²) < 4.78 is 0. The Morgan fingerprint density at radius 1 is 1.33 bits per heavy atom. The fraction of sp³-hybridized carbons (Fsp3) is 0.846. The minimum Gasteiger partial charge on any atom is -0.481 e. The van der Waals surface area contributed by atoms with Crippen molar-refractivity contribution in [3.8, 4) is 0 Å². The summed E-state index contributed by atoms with van der Waals surface area (Å²) in [5, 5.41) is 11.9. The number of piperidine rings is 1. The largest absolute Gasteiger partial charge is 0.481 e. The van der Waals surface area contributed by atoms with Crippen LogP contribution < -0.4 is 5.32 Å². The summed E-state index contributed by atoms with van der Waals surface area (Å²) in [5.74, 6) is -0.969. The molecule has 1 aliphatic heterocycles. The van der Waals surface area contributed by atoms with E-state index in [2.05, 4.69) is 10.2 Å². The van der Waals surface area contributed by atoms with Gasteiger partial charge < -0.3 is 10.4 Å². The molecule has 1 fully saturated rings. The number of likely N-dealkylation sites (tertiary alicyclic amines) is 1. The molecule has 5 nitrogen and oxygen atoms in total. The van der Waals surface area contributed by atoms with Crippen molar-refractivity contribution in [3.63, 3.8) is 0 Å². The molecule has 0 aromatic heterocycles. The fourth-order valence-corrected chi connectivity index (χ4v) is 2.55. The van der Waals surface area contributed by atoms with Crippen LogP contribution in [0.25, 0.3) is 0 Å². The Morgan fingerprint density at radius 2 is 1.94 bits per heavy atom. The first-order valence-electron chi connectivity index (χ1n) is 6.61. The first-order valence-corrected chi connectivity index (χ1v) is 6.61. The Morgan fingerprint density at radius 3 is 2.39 bits per heavy atom. The van der Waals surface area contributed by atoms with E-state index in [9.17, 15) is 9.59 Å². The number of carbonyl (C=O) groups excluding carboxylic acids is 1. The number of nitrogens with one attached hydrogen (secondary N) is 1. The smallest absolute Gasteiger partial charge is 0.306 e. The van der Waals surface area contributed by atoms with Crippen LogP contribution in [0.5, 0.6) is 0 Å². The summed E-state index contributed by atoms with van der Waals surface area (Å²) in [4.78, 5) is 25.0. The van der Waals surface area contributed by atoms with Gasteiger partial charge in [0.25, 0.3) is 0 Å². The fourth-order valence-electron chi connectivity index (χ4n) is 2.55. The van der Waals surface area contributed by atoms with Gasteiger partial charge in [0.2, 0.25) is 5.91 Å². The number of hydrogen-bond donors (Lipinski definition) is 2. The van der Waals surface area contributed by atoms with E-state index in [1.165, 1.54) is 0 Å². The minimum absolute atomic E-state index is 0.0191. The van der Waals surface area contributed by atoms with Gasteiger partial charge in [-0.25, -0.2) is 0 Å². The van der Waals surface area contributed by atoms with Gasteiger partial charge >= 0.3 is 5.97 Å². The number of aliphatic carboxylic acids is 1. The molecule has 1 saturated heterocycles. The van der Waals surface area contributed by atoms with Crippen molar-refractivity contribution < 1.29 is 14.7 Å². The average Bonchev–Trinajstić information content (AvgIpc) is 2.26. The third-order valence-electron chi connectivity index (χ3n) is 3.58. The molecular formula is C13H24N2O3. The van der Waals surface area contributed by atoms with Gasteiger partial charge in [-0.1, -0.05) is 0 Å². The number of nitrogens with zero attached hydrogens (tertiary/aromatic N) is 1. The summed E-state index contributed by atoms with van der Waals surface area (Å²) in [7, 11) is 0. The lowest BCUT2D eigenvalue weighted by Crippen LogP contribution is -2.53. The van der Waals surface area contributed by atoms with Crippen LogP contribution in [0.2, 0.25) is 0 Å². The third kappa shape index (κ3) is 3.70. The highest BCUT2D eigenvalue weighted by molar-refractivity contribution is 5.81. The Balaban J connectivity index is 2.57. The van der Waals surface area contributed by atoms with Gasteiger partial charge in [-0.3, -0.25) is 14.5 Å². The lowest BCUT2D eigenvalue weighted by molar-refractivity contribution is -0.144. The molecule has 3 atom stereocenters. The lowest BCUT2D eigenvalue weighted by atomic mass is 9.90. The zero-order valence-electron chi connectivity index (χ0n) is 11.6. The number of carboxylic acid groups (broad SMARTS) is 1. The number of rotatable bonds is 4. The van der Waals surface area contributed by atoms with E-state index in [0.717, 1.165) is 0 Å². The summed E-state index contributed by atoms with van der Waals surface area (Å²) in [6.45, 7) is 8.42. The number of hydrogen-bond acceptors (Lipinski definition) is 3. The van der Waals surface area contributed by atoms with E-state index < -0.39 is 5.97 Å². The Kier molecular flexibility index (Phi) is 5.14. The van der Waals surface area contributed by atoms with Gasteiger partial charge in [-0.2, -0.15) is 0 Å². The van der Waals surface area contributed by atoms with Gasteiger partial charge in [-0.15, -0.1) is 0 Å². The molecule has 0 saturated carbocycles. The summed E-state index contributed by atoms with van der Waals surface area (Å²) >= 11 is 0. The van der Waals surface area contributed by atoms with E-state index >= 15 is 0 Å². The minimum atomic E-state index is -0.721. The van der Waals surface area contributed by atoms with Crippen LogP contribution in [0.3, 0.4) is 0 Å². The zero-order valence-corrected chi connectivity index (χ0v) is 11.6. The molecule has 0 radical (unpaired) electrons.